The molecule has 1 atom stereocenters. The molecule has 1 fully saturated rings. The molecule has 4 heteroatoms. The lowest BCUT2D eigenvalue weighted by Gasteiger charge is -2.24. The zero-order valence-corrected chi connectivity index (χ0v) is 14.8. The minimum Gasteiger partial charge on any atom is -0.492 e. The number of carbonyl (C=O) groups excluding carboxylic acids is 1. The number of hydrogen-bond donors (Lipinski definition) is 1. The Morgan fingerprint density at radius 1 is 1.20 bits per heavy atom. The number of ether oxygens (including phenoxy) is 1. The molecule has 2 aromatic carbocycles. The third-order valence-electron chi connectivity index (χ3n) is 4.57. The summed E-state index contributed by atoms with van der Waals surface area (Å²) in [5.41, 5.74) is 2.59. The molecule has 1 amide bonds. The van der Waals surface area contributed by atoms with Gasteiger partial charge in [-0.15, -0.1) is 0 Å². The first kappa shape index (κ1) is 17.5. The number of likely N-dealkylation sites (tertiary alicyclic amines) is 1. The van der Waals surface area contributed by atoms with Crippen molar-refractivity contribution in [3.05, 3.63) is 65.7 Å². The van der Waals surface area contributed by atoms with E-state index in [1.54, 1.807) is 0 Å². The molecule has 3 rings (SSSR count). The molecule has 1 N–H and O–H groups in total. The van der Waals surface area contributed by atoms with E-state index < -0.39 is 0 Å². The first-order valence-electron chi connectivity index (χ1n) is 8.97. The molecule has 1 heterocycles. The summed E-state index contributed by atoms with van der Waals surface area (Å²) in [5, 5.41) is 2.96. The van der Waals surface area contributed by atoms with Gasteiger partial charge in [0.2, 0.25) is 5.91 Å². The van der Waals surface area contributed by atoms with Gasteiger partial charge in [-0.1, -0.05) is 48.0 Å². The van der Waals surface area contributed by atoms with E-state index in [2.05, 4.69) is 41.4 Å². The van der Waals surface area contributed by atoms with Crippen LogP contribution in [0.2, 0.25) is 0 Å². The number of aryl methyl sites for hydroxylation is 1. The molecule has 0 saturated carbocycles. The summed E-state index contributed by atoms with van der Waals surface area (Å²) in [6, 6.07) is 18.6. The monoisotopic (exact) mass is 338 g/mol. The summed E-state index contributed by atoms with van der Waals surface area (Å²) < 4.78 is 5.60. The highest BCUT2D eigenvalue weighted by Gasteiger charge is 2.27. The number of nitrogens with zero attached hydrogens (tertiary/aromatic N) is 1. The average molecular weight is 338 g/mol. The van der Waals surface area contributed by atoms with Gasteiger partial charge in [0.1, 0.15) is 12.4 Å². The summed E-state index contributed by atoms with van der Waals surface area (Å²) in [6.07, 6.45) is 2.26. The lowest BCUT2D eigenvalue weighted by molar-refractivity contribution is -0.122. The predicted molar refractivity (Wildman–Crippen MR) is 99.7 cm³/mol. The number of benzene rings is 2. The minimum absolute atomic E-state index is 0.0659. The van der Waals surface area contributed by atoms with Gasteiger partial charge in [-0.05, 0) is 44.0 Å². The SMILES string of the molecule is Cc1cccc(C2CCCN2CC(=O)NCCOc2ccccc2)c1. The number of hydrogen-bond acceptors (Lipinski definition) is 3. The van der Waals surface area contributed by atoms with E-state index in [1.807, 2.05) is 30.3 Å². The van der Waals surface area contributed by atoms with Crippen molar-refractivity contribution in [3.8, 4) is 5.75 Å². The largest absolute Gasteiger partial charge is 0.492 e. The highest BCUT2D eigenvalue weighted by Crippen LogP contribution is 2.31. The molecular weight excluding hydrogens is 312 g/mol. The van der Waals surface area contributed by atoms with Crippen LogP contribution in [-0.4, -0.2) is 37.0 Å². The Hall–Kier alpha value is -2.33. The molecule has 0 bridgehead atoms. The third kappa shape index (κ3) is 5.07. The number of rotatable bonds is 7. The van der Waals surface area contributed by atoms with Crippen molar-refractivity contribution < 1.29 is 9.53 Å². The fourth-order valence-electron chi connectivity index (χ4n) is 3.39. The van der Waals surface area contributed by atoms with Crippen molar-refractivity contribution in [1.29, 1.82) is 0 Å². The van der Waals surface area contributed by atoms with Crippen molar-refractivity contribution in [2.75, 3.05) is 26.2 Å². The van der Waals surface area contributed by atoms with Crippen LogP contribution in [0, 0.1) is 6.92 Å². The Bertz CT molecular complexity index is 687. The molecule has 2 aromatic rings. The quantitative estimate of drug-likeness (QED) is 0.788. The van der Waals surface area contributed by atoms with Gasteiger partial charge in [0.15, 0.2) is 0 Å². The Balaban J connectivity index is 1.44. The molecule has 1 aliphatic rings. The molecule has 4 nitrogen and oxygen atoms in total. The van der Waals surface area contributed by atoms with E-state index in [1.165, 1.54) is 11.1 Å². The van der Waals surface area contributed by atoms with E-state index in [0.29, 0.717) is 25.7 Å². The van der Waals surface area contributed by atoms with Crippen LogP contribution < -0.4 is 10.1 Å². The van der Waals surface area contributed by atoms with E-state index in [9.17, 15) is 4.79 Å². The Morgan fingerprint density at radius 3 is 2.84 bits per heavy atom. The maximum Gasteiger partial charge on any atom is 0.234 e. The van der Waals surface area contributed by atoms with Crippen LogP contribution >= 0.6 is 0 Å². The Morgan fingerprint density at radius 2 is 2.04 bits per heavy atom. The topological polar surface area (TPSA) is 41.6 Å². The summed E-state index contributed by atoms with van der Waals surface area (Å²) in [5.74, 6) is 0.895. The second kappa shape index (κ2) is 8.67. The number of para-hydroxylation sites is 1. The first-order chi connectivity index (χ1) is 12.2. The van der Waals surface area contributed by atoms with Crippen molar-refractivity contribution in [3.63, 3.8) is 0 Å². The maximum absolute atomic E-state index is 12.2. The third-order valence-corrected chi connectivity index (χ3v) is 4.57. The second-order valence-corrected chi connectivity index (χ2v) is 6.55. The Kier molecular flexibility index (Phi) is 6.07. The summed E-state index contributed by atoms with van der Waals surface area (Å²) in [4.78, 5) is 14.5. The van der Waals surface area contributed by atoms with Crippen LogP contribution in [0.3, 0.4) is 0 Å². The van der Waals surface area contributed by atoms with E-state index >= 15 is 0 Å². The average Bonchev–Trinajstić information content (AvgIpc) is 3.08. The van der Waals surface area contributed by atoms with E-state index in [-0.39, 0.29) is 5.91 Å². The van der Waals surface area contributed by atoms with Gasteiger partial charge < -0.3 is 10.1 Å². The number of nitrogens with one attached hydrogen (secondary N) is 1. The normalized spacial score (nSPS) is 17.4. The van der Waals surface area contributed by atoms with Crippen molar-refractivity contribution >= 4 is 5.91 Å². The van der Waals surface area contributed by atoms with E-state index in [4.69, 9.17) is 4.74 Å². The summed E-state index contributed by atoms with van der Waals surface area (Å²) in [6.45, 7) is 4.55. The van der Waals surface area contributed by atoms with Gasteiger partial charge in [-0.25, -0.2) is 0 Å². The molecule has 1 saturated heterocycles. The first-order valence-corrected chi connectivity index (χ1v) is 8.97. The zero-order valence-electron chi connectivity index (χ0n) is 14.8. The summed E-state index contributed by atoms with van der Waals surface area (Å²) in [7, 11) is 0. The van der Waals surface area contributed by atoms with Gasteiger partial charge in [0, 0.05) is 6.04 Å². The predicted octanol–water partition coefficient (Wildman–Crippen LogP) is 3.33. The number of carbonyl (C=O) groups is 1. The Labute approximate surface area is 149 Å². The van der Waals surface area contributed by atoms with Gasteiger partial charge in [-0.3, -0.25) is 9.69 Å². The molecule has 132 valence electrons. The van der Waals surface area contributed by atoms with Gasteiger partial charge in [0.05, 0.1) is 13.1 Å². The molecule has 1 aliphatic heterocycles. The fraction of sp³-hybridized carbons (Fsp3) is 0.381. The molecular formula is C21H26N2O2. The summed E-state index contributed by atoms with van der Waals surface area (Å²) >= 11 is 0. The maximum atomic E-state index is 12.2. The fourth-order valence-corrected chi connectivity index (χ4v) is 3.39. The van der Waals surface area contributed by atoms with Gasteiger partial charge in [0.25, 0.3) is 0 Å². The number of amides is 1. The highest BCUT2D eigenvalue weighted by atomic mass is 16.5. The van der Waals surface area contributed by atoms with Crippen LogP contribution in [-0.2, 0) is 4.79 Å². The zero-order chi connectivity index (χ0) is 17.5. The smallest absolute Gasteiger partial charge is 0.234 e. The van der Waals surface area contributed by atoms with Crippen molar-refractivity contribution in [1.82, 2.24) is 10.2 Å². The van der Waals surface area contributed by atoms with Crippen LogP contribution in [0.5, 0.6) is 5.75 Å². The van der Waals surface area contributed by atoms with Crippen molar-refractivity contribution in [2.24, 2.45) is 0 Å². The molecule has 0 spiro atoms. The standard InChI is InChI=1S/C21H26N2O2/c1-17-7-5-8-18(15-17)20-11-6-13-23(20)16-21(24)22-12-14-25-19-9-3-2-4-10-19/h2-5,7-10,15,20H,6,11-14,16H2,1H3,(H,22,24). The van der Waals surface area contributed by atoms with E-state index in [0.717, 1.165) is 25.1 Å². The van der Waals surface area contributed by atoms with Crippen LogP contribution in [0.15, 0.2) is 54.6 Å². The second-order valence-electron chi connectivity index (χ2n) is 6.55. The van der Waals surface area contributed by atoms with Crippen molar-refractivity contribution in [2.45, 2.75) is 25.8 Å². The molecule has 0 aliphatic carbocycles. The lowest BCUT2D eigenvalue weighted by atomic mass is 10.0. The van der Waals surface area contributed by atoms with Gasteiger partial charge >= 0.3 is 0 Å². The van der Waals surface area contributed by atoms with Crippen LogP contribution in [0.1, 0.15) is 30.0 Å². The minimum atomic E-state index is 0.0659. The van der Waals surface area contributed by atoms with Gasteiger partial charge in [-0.2, -0.15) is 0 Å². The lowest BCUT2D eigenvalue weighted by Crippen LogP contribution is -2.38. The molecule has 0 aromatic heterocycles. The molecule has 1 unspecified atom stereocenters. The molecule has 25 heavy (non-hydrogen) atoms. The highest BCUT2D eigenvalue weighted by molar-refractivity contribution is 5.78. The van der Waals surface area contributed by atoms with Crippen LogP contribution in [0.4, 0.5) is 0 Å². The van der Waals surface area contributed by atoms with Crippen LogP contribution in [0.25, 0.3) is 0 Å². The molecule has 0 radical (unpaired) electrons.